The minimum absolute atomic E-state index is 0.0152. The highest BCUT2D eigenvalue weighted by Crippen LogP contribution is 2.26. The van der Waals surface area contributed by atoms with Crippen LogP contribution in [0.3, 0.4) is 0 Å². The maximum Gasteiger partial charge on any atom is 0.267 e. The summed E-state index contributed by atoms with van der Waals surface area (Å²) in [6.07, 6.45) is 2.04. The van der Waals surface area contributed by atoms with E-state index in [1.165, 1.54) is 0 Å². The molecule has 1 amide bonds. The first kappa shape index (κ1) is 18.4. The highest BCUT2D eigenvalue weighted by Gasteiger charge is 2.29. The van der Waals surface area contributed by atoms with Crippen LogP contribution in [0.5, 0.6) is 0 Å². The zero-order chi connectivity index (χ0) is 18.8. The number of amides is 1. The van der Waals surface area contributed by atoms with E-state index in [0.29, 0.717) is 12.1 Å². The predicted octanol–water partition coefficient (Wildman–Crippen LogP) is 0.150. The molecule has 1 aliphatic heterocycles. The van der Waals surface area contributed by atoms with Crippen molar-refractivity contribution in [1.82, 2.24) is 34.8 Å². The Balaban J connectivity index is 1.70. The van der Waals surface area contributed by atoms with Gasteiger partial charge in [0.05, 0.1) is 13.0 Å². The third-order valence-electron chi connectivity index (χ3n) is 5.01. The van der Waals surface area contributed by atoms with Crippen molar-refractivity contribution in [3.05, 3.63) is 33.3 Å². The standard InChI is InChI=1S/C17H27N7O2/c1-11-13(17(26)21-18-11)8-15(25)24-7-5-6-12(9-24)16-20-19-14(23(16)4)10-22(2)3/h12H,5-10H2,1-4H3,(H2,18,21,26)/t12-/m0/s1. The molecule has 1 fully saturated rings. The number of nitrogens with one attached hydrogen (secondary N) is 2. The number of H-pyrrole nitrogens is 2. The van der Waals surface area contributed by atoms with Crippen LogP contribution >= 0.6 is 0 Å². The fourth-order valence-electron chi connectivity index (χ4n) is 3.51. The van der Waals surface area contributed by atoms with Gasteiger partial charge in [-0.15, -0.1) is 10.2 Å². The molecule has 1 atom stereocenters. The lowest BCUT2D eigenvalue weighted by Crippen LogP contribution is -2.41. The number of hydrogen-bond acceptors (Lipinski definition) is 5. The lowest BCUT2D eigenvalue weighted by molar-refractivity contribution is -0.131. The number of piperidine rings is 1. The lowest BCUT2D eigenvalue weighted by Gasteiger charge is -2.32. The number of nitrogens with zero attached hydrogens (tertiary/aromatic N) is 5. The minimum atomic E-state index is -0.217. The van der Waals surface area contributed by atoms with E-state index in [0.717, 1.165) is 43.3 Å². The topological polar surface area (TPSA) is 103 Å². The summed E-state index contributed by atoms with van der Waals surface area (Å²) in [6, 6.07) is 0. The van der Waals surface area contributed by atoms with Crippen LogP contribution in [0.25, 0.3) is 0 Å². The Kier molecular flexibility index (Phi) is 5.26. The third-order valence-corrected chi connectivity index (χ3v) is 5.01. The van der Waals surface area contributed by atoms with Gasteiger partial charge in [-0.3, -0.25) is 14.7 Å². The zero-order valence-corrected chi connectivity index (χ0v) is 15.9. The van der Waals surface area contributed by atoms with Gasteiger partial charge in [-0.25, -0.2) is 0 Å². The molecule has 2 N–H and O–H groups in total. The van der Waals surface area contributed by atoms with Crippen LogP contribution in [-0.4, -0.2) is 67.9 Å². The number of hydrogen-bond donors (Lipinski definition) is 2. The van der Waals surface area contributed by atoms with E-state index in [-0.39, 0.29) is 23.8 Å². The maximum absolute atomic E-state index is 12.7. The van der Waals surface area contributed by atoms with Crippen molar-refractivity contribution in [2.45, 2.75) is 38.6 Å². The first-order valence-electron chi connectivity index (χ1n) is 8.93. The van der Waals surface area contributed by atoms with Crippen LogP contribution in [0.4, 0.5) is 0 Å². The predicted molar refractivity (Wildman–Crippen MR) is 96.8 cm³/mol. The molecule has 0 spiro atoms. The number of carbonyl (C=O) groups excluding carboxylic acids is 1. The van der Waals surface area contributed by atoms with Crippen LogP contribution < -0.4 is 5.56 Å². The first-order chi connectivity index (χ1) is 12.4. The highest BCUT2D eigenvalue weighted by atomic mass is 16.2. The van der Waals surface area contributed by atoms with E-state index in [1.807, 2.05) is 30.6 Å². The lowest BCUT2D eigenvalue weighted by atomic mass is 9.96. The molecular weight excluding hydrogens is 334 g/mol. The zero-order valence-electron chi connectivity index (χ0n) is 15.9. The molecule has 0 bridgehead atoms. The average molecular weight is 361 g/mol. The summed E-state index contributed by atoms with van der Waals surface area (Å²) in [6.45, 7) is 3.87. The minimum Gasteiger partial charge on any atom is -0.342 e. The Morgan fingerprint density at radius 3 is 2.73 bits per heavy atom. The van der Waals surface area contributed by atoms with Gasteiger partial charge in [0.2, 0.25) is 5.91 Å². The second kappa shape index (κ2) is 7.45. The number of aromatic amines is 2. The molecule has 9 heteroatoms. The summed E-state index contributed by atoms with van der Waals surface area (Å²) in [5.41, 5.74) is 1.02. The van der Waals surface area contributed by atoms with Crippen molar-refractivity contribution in [3.63, 3.8) is 0 Å². The molecule has 26 heavy (non-hydrogen) atoms. The van der Waals surface area contributed by atoms with Crippen LogP contribution in [0.1, 0.15) is 41.7 Å². The molecule has 0 aromatic carbocycles. The molecule has 0 unspecified atom stereocenters. The second-order valence-electron chi connectivity index (χ2n) is 7.31. The van der Waals surface area contributed by atoms with E-state index in [1.54, 1.807) is 6.92 Å². The summed E-state index contributed by atoms with van der Waals surface area (Å²) in [5, 5.41) is 14.0. The molecule has 2 aromatic rings. The summed E-state index contributed by atoms with van der Waals surface area (Å²) < 4.78 is 2.04. The van der Waals surface area contributed by atoms with Crippen molar-refractivity contribution >= 4 is 5.91 Å². The van der Waals surface area contributed by atoms with E-state index in [2.05, 4.69) is 25.3 Å². The van der Waals surface area contributed by atoms with Gasteiger partial charge in [0, 0.05) is 37.3 Å². The van der Waals surface area contributed by atoms with E-state index in [9.17, 15) is 9.59 Å². The second-order valence-corrected chi connectivity index (χ2v) is 7.31. The molecule has 0 aliphatic carbocycles. The quantitative estimate of drug-likeness (QED) is 0.789. The van der Waals surface area contributed by atoms with Crippen LogP contribution in [0, 0.1) is 6.92 Å². The van der Waals surface area contributed by atoms with Crippen molar-refractivity contribution in [2.75, 3.05) is 27.2 Å². The molecule has 3 heterocycles. The number of carbonyl (C=O) groups is 1. The SMILES string of the molecule is Cc1[nH][nH]c(=O)c1CC(=O)N1CCC[C@H](c2nnc(CN(C)C)n2C)C1. The molecule has 2 aromatic heterocycles. The van der Waals surface area contributed by atoms with Gasteiger partial charge in [-0.2, -0.15) is 0 Å². The number of aromatic nitrogens is 5. The normalized spacial score (nSPS) is 17.9. The van der Waals surface area contributed by atoms with Gasteiger partial charge in [-0.1, -0.05) is 0 Å². The third kappa shape index (κ3) is 3.72. The first-order valence-corrected chi connectivity index (χ1v) is 8.93. The number of likely N-dealkylation sites (tertiary alicyclic amines) is 1. The van der Waals surface area contributed by atoms with Gasteiger partial charge >= 0.3 is 0 Å². The summed E-state index contributed by atoms with van der Waals surface area (Å²) >= 11 is 0. The van der Waals surface area contributed by atoms with E-state index < -0.39 is 0 Å². The smallest absolute Gasteiger partial charge is 0.267 e. The van der Waals surface area contributed by atoms with E-state index >= 15 is 0 Å². The summed E-state index contributed by atoms with van der Waals surface area (Å²) in [7, 11) is 5.98. The molecule has 1 saturated heterocycles. The summed E-state index contributed by atoms with van der Waals surface area (Å²) in [5.74, 6) is 2.00. The fraction of sp³-hybridized carbons (Fsp3) is 0.647. The molecule has 3 rings (SSSR count). The molecule has 142 valence electrons. The molecule has 0 saturated carbocycles. The average Bonchev–Trinajstić information content (AvgIpc) is 3.11. The largest absolute Gasteiger partial charge is 0.342 e. The Bertz CT molecular complexity index is 833. The molecular formula is C17H27N7O2. The number of aryl methyl sites for hydroxylation is 1. The molecule has 9 nitrogen and oxygen atoms in total. The van der Waals surface area contributed by atoms with Crippen LogP contribution in [-0.2, 0) is 24.8 Å². The Labute approximate surface area is 152 Å². The monoisotopic (exact) mass is 361 g/mol. The van der Waals surface area contributed by atoms with Crippen molar-refractivity contribution < 1.29 is 4.79 Å². The van der Waals surface area contributed by atoms with Crippen molar-refractivity contribution in [2.24, 2.45) is 7.05 Å². The number of rotatable bonds is 5. The Morgan fingerprint density at radius 1 is 1.31 bits per heavy atom. The van der Waals surface area contributed by atoms with Crippen LogP contribution in [0.2, 0.25) is 0 Å². The maximum atomic E-state index is 12.7. The Hall–Kier alpha value is -2.42. The molecule has 0 radical (unpaired) electrons. The van der Waals surface area contributed by atoms with Crippen LogP contribution in [0.15, 0.2) is 4.79 Å². The Morgan fingerprint density at radius 2 is 2.08 bits per heavy atom. The van der Waals surface area contributed by atoms with Gasteiger partial charge in [0.1, 0.15) is 11.6 Å². The fourth-order valence-corrected chi connectivity index (χ4v) is 3.51. The van der Waals surface area contributed by atoms with Gasteiger partial charge < -0.3 is 19.5 Å². The van der Waals surface area contributed by atoms with Gasteiger partial charge in [0.15, 0.2) is 0 Å². The van der Waals surface area contributed by atoms with Crippen molar-refractivity contribution in [1.29, 1.82) is 0 Å². The van der Waals surface area contributed by atoms with E-state index in [4.69, 9.17) is 0 Å². The molecule has 1 aliphatic rings. The van der Waals surface area contributed by atoms with Gasteiger partial charge in [-0.05, 0) is 33.9 Å². The van der Waals surface area contributed by atoms with Gasteiger partial charge in [0.25, 0.3) is 5.56 Å². The van der Waals surface area contributed by atoms with Crippen molar-refractivity contribution in [3.8, 4) is 0 Å². The highest BCUT2D eigenvalue weighted by molar-refractivity contribution is 5.79. The summed E-state index contributed by atoms with van der Waals surface area (Å²) in [4.78, 5) is 28.4.